The number of benzene rings is 2. The smallest absolute Gasteiger partial charge is 0.338 e. The molecule has 7 rings (SSSR count). The number of aliphatic hydroxyl groups is 1. The third-order valence-corrected chi connectivity index (χ3v) is 9.34. The Labute approximate surface area is 228 Å². The fourth-order valence-corrected chi connectivity index (χ4v) is 7.56. The van der Waals surface area contributed by atoms with E-state index in [9.17, 15) is 24.3 Å². The van der Waals surface area contributed by atoms with Crippen molar-refractivity contribution in [1.82, 2.24) is 0 Å². The number of carbonyl (C=O) groups excluding carboxylic acids is 4. The van der Waals surface area contributed by atoms with Gasteiger partial charge in [0.05, 0.1) is 23.3 Å². The summed E-state index contributed by atoms with van der Waals surface area (Å²) in [5.74, 6) is -2.12. The molecule has 2 aromatic carbocycles. The number of rotatable bonds is 3. The van der Waals surface area contributed by atoms with Gasteiger partial charge in [-0.1, -0.05) is 39.0 Å². The SMILES string of the molecule is CC(C)(C)[C@]1(O)C[C@@H]2OC(=O)C[C@@]23C(=O)O[C@@H]2N(c4ccc5c(c4)OCO5)C(=O)[C@H](OC(=O)c4ccccc4)[C@]213. The second-order valence-corrected chi connectivity index (χ2v) is 12.0. The Morgan fingerprint density at radius 3 is 2.48 bits per heavy atom. The largest absolute Gasteiger partial charge is 0.461 e. The minimum absolute atomic E-state index is 0.000412. The summed E-state index contributed by atoms with van der Waals surface area (Å²) in [6.07, 6.45) is -4.75. The van der Waals surface area contributed by atoms with E-state index in [2.05, 4.69) is 0 Å². The van der Waals surface area contributed by atoms with Crippen molar-refractivity contribution >= 4 is 29.5 Å². The molecule has 2 aromatic rings. The van der Waals surface area contributed by atoms with Crippen LogP contribution < -0.4 is 14.4 Å². The van der Waals surface area contributed by atoms with Crippen LogP contribution in [0.2, 0.25) is 0 Å². The van der Waals surface area contributed by atoms with E-state index in [0.717, 1.165) is 0 Å². The lowest BCUT2D eigenvalue weighted by Crippen LogP contribution is -2.66. The van der Waals surface area contributed by atoms with Crippen molar-refractivity contribution < 1.29 is 48.0 Å². The highest BCUT2D eigenvalue weighted by Gasteiger charge is 2.93. The first-order chi connectivity index (χ1) is 19.0. The van der Waals surface area contributed by atoms with Crippen LogP contribution in [-0.4, -0.2) is 59.8 Å². The van der Waals surface area contributed by atoms with E-state index in [-0.39, 0.29) is 24.5 Å². The summed E-state index contributed by atoms with van der Waals surface area (Å²) in [6, 6.07) is 12.9. The van der Waals surface area contributed by atoms with Crippen molar-refractivity contribution in [3.05, 3.63) is 54.1 Å². The zero-order chi connectivity index (χ0) is 28.2. The molecule has 1 saturated carbocycles. The predicted octanol–water partition coefficient (Wildman–Crippen LogP) is 2.34. The van der Waals surface area contributed by atoms with Crippen molar-refractivity contribution in [2.45, 2.75) is 57.6 Å². The highest BCUT2D eigenvalue weighted by atomic mass is 16.7. The predicted molar refractivity (Wildman–Crippen MR) is 134 cm³/mol. The Bertz CT molecular complexity index is 1480. The molecule has 4 aliphatic heterocycles. The number of esters is 3. The molecule has 11 heteroatoms. The number of anilines is 1. The summed E-state index contributed by atoms with van der Waals surface area (Å²) in [4.78, 5) is 55.8. The van der Waals surface area contributed by atoms with Gasteiger partial charge in [-0.25, -0.2) is 4.79 Å². The topological polar surface area (TPSA) is 138 Å². The fourth-order valence-electron chi connectivity index (χ4n) is 7.56. The molecule has 5 aliphatic rings. The molecule has 1 aliphatic carbocycles. The molecule has 40 heavy (non-hydrogen) atoms. The summed E-state index contributed by atoms with van der Waals surface area (Å²) in [6.45, 7) is 5.30. The maximum absolute atomic E-state index is 14.5. The van der Waals surface area contributed by atoms with E-state index in [1.54, 1.807) is 57.2 Å². The average Bonchev–Trinajstić information content (AvgIpc) is 3.65. The van der Waals surface area contributed by atoms with Crippen LogP contribution in [0.5, 0.6) is 11.5 Å². The number of hydrogen-bond acceptors (Lipinski definition) is 10. The third kappa shape index (κ3) is 2.73. The van der Waals surface area contributed by atoms with Gasteiger partial charge in [0.2, 0.25) is 6.79 Å². The lowest BCUT2D eigenvalue weighted by atomic mass is 9.52. The van der Waals surface area contributed by atoms with Gasteiger partial charge in [0.25, 0.3) is 5.91 Å². The summed E-state index contributed by atoms with van der Waals surface area (Å²) in [5.41, 5.74) is -6.03. The Hall–Kier alpha value is -4.12. The standard InChI is InChI=1S/C29H27NO10/c1-26(2,3)28(35)12-19-27(13-20(31)38-19)25(34)40-24-29(27,28)21(39-23(33)15-7-5-4-6-8-15)22(32)30(24)16-9-10-17-18(11-16)37-14-36-17/h4-11,19,21,24,35H,12-14H2,1-3H3/t19-,21-,24-,27-,28+,29+/m0/s1. The lowest BCUT2D eigenvalue weighted by Gasteiger charge is -2.51. The molecule has 0 aromatic heterocycles. The normalized spacial score (nSPS) is 35.2. The maximum Gasteiger partial charge on any atom is 0.338 e. The Balaban J connectivity index is 1.47. The Kier molecular flexibility index (Phi) is 4.82. The molecule has 1 amide bonds. The number of nitrogens with zero attached hydrogens (tertiary/aromatic N) is 1. The van der Waals surface area contributed by atoms with Crippen LogP contribution in [0.1, 0.15) is 44.0 Å². The van der Waals surface area contributed by atoms with E-state index in [0.29, 0.717) is 11.5 Å². The molecule has 1 N–H and O–H groups in total. The van der Waals surface area contributed by atoms with Crippen LogP contribution in [0.25, 0.3) is 0 Å². The molecule has 4 heterocycles. The van der Waals surface area contributed by atoms with E-state index < -0.39 is 70.5 Å². The van der Waals surface area contributed by atoms with Crippen molar-refractivity contribution in [3.63, 3.8) is 0 Å². The van der Waals surface area contributed by atoms with Crippen molar-refractivity contribution in [2.24, 2.45) is 16.2 Å². The summed E-state index contributed by atoms with van der Waals surface area (Å²) in [7, 11) is 0. The average molecular weight is 550 g/mol. The maximum atomic E-state index is 14.5. The molecule has 6 atom stereocenters. The zero-order valence-corrected chi connectivity index (χ0v) is 22.0. The quantitative estimate of drug-likeness (QED) is 0.449. The molecule has 208 valence electrons. The Morgan fingerprint density at radius 1 is 1.02 bits per heavy atom. The molecule has 0 bridgehead atoms. The van der Waals surface area contributed by atoms with E-state index in [1.165, 1.54) is 17.0 Å². The monoisotopic (exact) mass is 549 g/mol. The Morgan fingerprint density at radius 2 is 1.75 bits per heavy atom. The molecule has 0 unspecified atom stereocenters. The van der Waals surface area contributed by atoms with Crippen LogP contribution in [0.4, 0.5) is 5.69 Å². The van der Waals surface area contributed by atoms with Gasteiger partial charge in [-0.05, 0) is 29.7 Å². The van der Waals surface area contributed by atoms with Gasteiger partial charge in [0, 0.05) is 12.5 Å². The van der Waals surface area contributed by atoms with E-state index in [4.69, 9.17) is 23.7 Å². The van der Waals surface area contributed by atoms with E-state index >= 15 is 0 Å². The molecular weight excluding hydrogens is 522 g/mol. The van der Waals surface area contributed by atoms with Crippen LogP contribution in [0.3, 0.4) is 0 Å². The van der Waals surface area contributed by atoms with Crippen molar-refractivity contribution in [3.8, 4) is 11.5 Å². The van der Waals surface area contributed by atoms with Crippen LogP contribution in [0.15, 0.2) is 48.5 Å². The second-order valence-electron chi connectivity index (χ2n) is 12.0. The van der Waals surface area contributed by atoms with Crippen LogP contribution in [-0.2, 0) is 28.6 Å². The van der Waals surface area contributed by atoms with Gasteiger partial charge in [0.1, 0.15) is 16.9 Å². The minimum atomic E-state index is -1.88. The van der Waals surface area contributed by atoms with Crippen LogP contribution >= 0.6 is 0 Å². The van der Waals surface area contributed by atoms with Crippen molar-refractivity contribution in [2.75, 3.05) is 11.7 Å². The zero-order valence-electron chi connectivity index (χ0n) is 22.0. The lowest BCUT2D eigenvalue weighted by molar-refractivity contribution is -0.204. The summed E-state index contributed by atoms with van der Waals surface area (Å²) < 4.78 is 28.5. The number of fused-ring (bicyclic) bond motifs is 1. The van der Waals surface area contributed by atoms with Crippen molar-refractivity contribution in [1.29, 1.82) is 0 Å². The van der Waals surface area contributed by atoms with E-state index in [1.807, 2.05) is 0 Å². The first kappa shape index (κ1) is 24.9. The molecular formula is C29H27NO10. The molecule has 4 fully saturated rings. The van der Waals surface area contributed by atoms with Gasteiger partial charge in [-0.2, -0.15) is 0 Å². The molecule has 3 saturated heterocycles. The van der Waals surface area contributed by atoms with Gasteiger partial charge in [-0.3, -0.25) is 19.3 Å². The first-order valence-electron chi connectivity index (χ1n) is 13.1. The first-order valence-corrected chi connectivity index (χ1v) is 13.1. The third-order valence-electron chi connectivity index (χ3n) is 9.34. The van der Waals surface area contributed by atoms with Gasteiger partial charge in [-0.15, -0.1) is 0 Å². The van der Waals surface area contributed by atoms with Gasteiger partial charge < -0.3 is 28.8 Å². The second kappa shape index (κ2) is 7.75. The number of amides is 1. The molecule has 0 radical (unpaired) electrons. The number of ether oxygens (including phenoxy) is 5. The fraction of sp³-hybridized carbons (Fsp3) is 0.448. The molecule has 2 spiro atoms. The summed E-state index contributed by atoms with van der Waals surface area (Å²) in [5, 5.41) is 12.7. The number of carbonyl (C=O) groups is 4. The molecule has 11 nitrogen and oxygen atoms in total. The van der Waals surface area contributed by atoms with Gasteiger partial charge >= 0.3 is 17.9 Å². The minimum Gasteiger partial charge on any atom is -0.461 e. The van der Waals surface area contributed by atoms with Gasteiger partial charge in [0.15, 0.2) is 23.8 Å². The number of hydrogen-bond donors (Lipinski definition) is 1. The van der Waals surface area contributed by atoms with Crippen LogP contribution in [0, 0.1) is 16.2 Å². The summed E-state index contributed by atoms with van der Waals surface area (Å²) >= 11 is 0. The highest BCUT2D eigenvalue weighted by molar-refractivity contribution is 6.07. The highest BCUT2D eigenvalue weighted by Crippen LogP contribution is 2.76.